The second-order valence-electron chi connectivity index (χ2n) is 8.38. The van der Waals surface area contributed by atoms with Crippen LogP contribution in [0.5, 0.6) is 0 Å². The number of nitrogens with zero attached hydrogens (tertiary/aromatic N) is 1. The molecule has 0 spiro atoms. The van der Waals surface area contributed by atoms with E-state index in [-0.39, 0.29) is 16.2 Å². The lowest BCUT2D eigenvalue weighted by Crippen LogP contribution is -2.35. The van der Waals surface area contributed by atoms with Crippen LogP contribution in [0.15, 0.2) is 47.4 Å². The van der Waals surface area contributed by atoms with Crippen LogP contribution in [0.25, 0.3) is 0 Å². The lowest BCUT2D eigenvalue weighted by molar-refractivity contribution is -0.119. The van der Waals surface area contributed by atoms with E-state index in [0.717, 1.165) is 29.7 Å². The first kappa shape index (κ1) is 20.4. The van der Waals surface area contributed by atoms with E-state index in [2.05, 4.69) is 25.5 Å². The monoisotopic (exact) mass is 400 g/mol. The quantitative estimate of drug-likeness (QED) is 0.815. The van der Waals surface area contributed by atoms with Gasteiger partial charge in [0.25, 0.3) is 10.0 Å². The zero-order valence-corrected chi connectivity index (χ0v) is 17.8. The maximum atomic E-state index is 12.8. The maximum absolute atomic E-state index is 12.8. The highest BCUT2D eigenvalue weighted by atomic mass is 32.2. The molecule has 0 saturated carbocycles. The number of hydrogen-bond donors (Lipinski definition) is 1. The molecular formula is C22H28N2O3S. The van der Waals surface area contributed by atoms with Gasteiger partial charge in [0, 0.05) is 18.7 Å². The van der Waals surface area contributed by atoms with Gasteiger partial charge in [0.1, 0.15) is 0 Å². The Morgan fingerprint density at radius 2 is 1.68 bits per heavy atom. The second-order valence-corrected chi connectivity index (χ2v) is 10.1. The minimum absolute atomic E-state index is 0.0391. The predicted octanol–water partition coefficient (Wildman–Crippen LogP) is 4.61. The first-order chi connectivity index (χ1) is 13.1. The number of sulfonamides is 1. The standard InChI is InChI=1S/C22H28N2O3S/c1-16-8-11-18(15-20(16)24-14-6-5-7-21(24)25)23-28(26,27)19-12-9-17(10-13-19)22(2,3)4/h8-13,15,23H,5-7,14H2,1-4H3. The normalized spacial score (nSPS) is 15.6. The summed E-state index contributed by atoms with van der Waals surface area (Å²) in [7, 11) is -3.70. The minimum Gasteiger partial charge on any atom is -0.312 e. The van der Waals surface area contributed by atoms with E-state index < -0.39 is 10.0 Å². The topological polar surface area (TPSA) is 66.5 Å². The Balaban J connectivity index is 1.86. The van der Waals surface area contributed by atoms with Gasteiger partial charge in [-0.25, -0.2) is 8.42 Å². The molecule has 3 rings (SSSR count). The third-order valence-electron chi connectivity index (χ3n) is 5.11. The summed E-state index contributed by atoms with van der Waals surface area (Å²) in [6, 6.07) is 12.3. The van der Waals surface area contributed by atoms with Crippen LogP contribution in [0.4, 0.5) is 11.4 Å². The van der Waals surface area contributed by atoms with Gasteiger partial charge in [-0.2, -0.15) is 0 Å². The average molecular weight is 401 g/mol. The van der Waals surface area contributed by atoms with E-state index in [1.165, 1.54) is 0 Å². The maximum Gasteiger partial charge on any atom is 0.261 e. The molecule has 0 aliphatic carbocycles. The van der Waals surface area contributed by atoms with Gasteiger partial charge >= 0.3 is 0 Å². The molecule has 1 heterocycles. The first-order valence-corrected chi connectivity index (χ1v) is 11.1. The molecule has 0 radical (unpaired) electrons. The van der Waals surface area contributed by atoms with Gasteiger partial charge in [-0.1, -0.05) is 39.0 Å². The molecule has 0 unspecified atom stereocenters. The molecule has 1 aliphatic rings. The van der Waals surface area contributed by atoms with Gasteiger partial charge in [0.2, 0.25) is 5.91 Å². The molecule has 1 fully saturated rings. The van der Waals surface area contributed by atoms with Gasteiger partial charge in [-0.15, -0.1) is 0 Å². The number of piperidine rings is 1. The summed E-state index contributed by atoms with van der Waals surface area (Å²) in [6.45, 7) is 8.87. The van der Waals surface area contributed by atoms with Crippen molar-refractivity contribution in [1.29, 1.82) is 0 Å². The lowest BCUT2D eigenvalue weighted by atomic mass is 9.87. The third kappa shape index (κ3) is 4.38. The van der Waals surface area contributed by atoms with Gasteiger partial charge in [0.15, 0.2) is 0 Å². The Hall–Kier alpha value is -2.34. The zero-order valence-electron chi connectivity index (χ0n) is 17.0. The molecule has 1 saturated heterocycles. The van der Waals surface area contributed by atoms with Gasteiger partial charge in [-0.05, 0) is 60.6 Å². The fourth-order valence-electron chi connectivity index (χ4n) is 3.37. The van der Waals surface area contributed by atoms with Crippen molar-refractivity contribution in [3.05, 3.63) is 53.6 Å². The van der Waals surface area contributed by atoms with Crippen LogP contribution in [0.3, 0.4) is 0 Å². The Morgan fingerprint density at radius 3 is 2.29 bits per heavy atom. The fraction of sp³-hybridized carbons (Fsp3) is 0.409. The Morgan fingerprint density at radius 1 is 1.00 bits per heavy atom. The van der Waals surface area contributed by atoms with Crippen LogP contribution in [0, 0.1) is 6.92 Å². The highest BCUT2D eigenvalue weighted by Crippen LogP contribution is 2.29. The number of aryl methyl sites for hydroxylation is 1. The number of benzene rings is 2. The van der Waals surface area contributed by atoms with Crippen LogP contribution in [-0.2, 0) is 20.2 Å². The molecule has 28 heavy (non-hydrogen) atoms. The number of carbonyl (C=O) groups excluding carboxylic acids is 1. The van der Waals surface area contributed by atoms with E-state index in [1.807, 2.05) is 25.1 Å². The summed E-state index contributed by atoms with van der Waals surface area (Å²) in [5.74, 6) is 0.0899. The number of anilines is 2. The Labute approximate surface area is 167 Å². The second kappa shape index (κ2) is 7.59. The van der Waals surface area contributed by atoms with Crippen molar-refractivity contribution in [1.82, 2.24) is 0 Å². The molecule has 150 valence electrons. The van der Waals surface area contributed by atoms with Gasteiger partial charge in [-0.3, -0.25) is 9.52 Å². The molecule has 1 amide bonds. The number of hydrogen-bond acceptors (Lipinski definition) is 3. The fourth-order valence-corrected chi connectivity index (χ4v) is 4.42. The number of amides is 1. The third-order valence-corrected chi connectivity index (χ3v) is 6.50. The van der Waals surface area contributed by atoms with E-state index in [4.69, 9.17) is 0 Å². The molecule has 1 aliphatic heterocycles. The summed E-state index contributed by atoms with van der Waals surface area (Å²) in [5, 5.41) is 0. The predicted molar refractivity (Wildman–Crippen MR) is 113 cm³/mol. The van der Waals surface area contributed by atoms with Gasteiger partial charge in [0.05, 0.1) is 10.6 Å². The van der Waals surface area contributed by atoms with Gasteiger partial charge < -0.3 is 4.90 Å². The molecule has 0 bridgehead atoms. The summed E-state index contributed by atoms with van der Waals surface area (Å²) in [4.78, 5) is 14.2. The molecule has 5 nitrogen and oxygen atoms in total. The van der Waals surface area contributed by atoms with E-state index in [1.54, 1.807) is 29.2 Å². The van der Waals surface area contributed by atoms with Crippen LogP contribution in [0.1, 0.15) is 51.2 Å². The van der Waals surface area contributed by atoms with Crippen LogP contribution >= 0.6 is 0 Å². The number of nitrogens with one attached hydrogen (secondary N) is 1. The van der Waals surface area contributed by atoms with Crippen molar-refractivity contribution in [3.8, 4) is 0 Å². The average Bonchev–Trinajstić information content (AvgIpc) is 2.63. The first-order valence-electron chi connectivity index (χ1n) is 9.62. The molecule has 0 aromatic heterocycles. The van der Waals surface area contributed by atoms with Crippen molar-refractivity contribution >= 4 is 27.3 Å². The molecule has 2 aromatic rings. The molecule has 1 N–H and O–H groups in total. The SMILES string of the molecule is Cc1ccc(NS(=O)(=O)c2ccc(C(C)(C)C)cc2)cc1N1CCCCC1=O. The highest BCUT2D eigenvalue weighted by Gasteiger charge is 2.22. The summed E-state index contributed by atoms with van der Waals surface area (Å²) < 4.78 is 28.3. The Kier molecular flexibility index (Phi) is 5.53. The number of rotatable bonds is 4. The summed E-state index contributed by atoms with van der Waals surface area (Å²) in [5.41, 5.74) is 3.22. The summed E-state index contributed by atoms with van der Waals surface area (Å²) >= 11 is 0. The highest BCUT2D eigenvalue weighted by molar-refractivity contribution is 7.92. The van der Waals surface area contributed by atoms with Crippen LogP contribution in [-0.4, -0.2) is 20.9 Å². The van der Waals surface area contributed by atoms with E-state index in [9.17, 15) is 13.2 Å². The summed E-state index contributed by atoms with van der Waals surface area (Å²) in [6.07, 6.45) is 2.40. The largest absolute Gasteiger partial charge is 0.312 e. The van der Waals surface area contributed by atoms with E-state index in [0.29, 0.717) is 18.7 Å². The van der Waals surface area contributed by atoms with Crippen molar-refractivity contribution in [2.24, 2.45) is 0 Å². The molecule has 0 atom stereocenters. The van der Waals surface area contributed by atoms with Crippen LogP contribution < -0.4 is 9.62 Å². The zero-order chi connectivity index (χ0) is 20.5. The minimum atomic E-state index is -3.70. The Bertz CT molecular complexity index is 974. The smallest absolute Gasteiger partial charge is 0.261 e. The van der Waals surface area contributed by atoms with E-state index >= 15 is 0 Å². The van der Waals surface area contributed by atoms with Crippen molar-refractivity contribution in [2.75, 3.05) is 16.2 Å². The molecule has 6 heteroatoms. The lowest BCUT2D eigenvalue weighted by Gasteiger charge is -2.28. The van der Waals surface area contributed by atoms with Crippen molar-refractivity contribution in [3.63, 3.8) is 0 Å². The van der Waals surface area contributed by atoms with Crippen molar-refractivity contribution < 1.29 is 13.2 Å². The number of carbonyl (C=O) groups is 1. The van der Waals surface area contributed by atoms with Crippen LogP contribution in [0.2, 0.25) is 0 Å². The molecular weight excluding hydrogens is 372 g/mol. The molecule has 2 aromatic carbocycles. The van der Waals surface area contributed by atoms with Crippen molar-refractivity contribution in [2.45, 2.75) is 57.3 Å².